The van der Waals surface area contributed by atoms with Gasteiger partial charge in [0.05, 0.1) is 35.3 Å². The molecular weight excluding hydrogens is 329 g/mol. The number of benzene rings is 1. The Balaban J connectivity index is 2.15. The smallest absolute Gasteiger partial charge is 0.272 e. The van der Waals surface area contributed by atoms with E-state index in [9.17, 15) is 14.5 Å². The monoisotopic (exact) mass is 351 g/mol. The number of aromatic nitrogens is 2. The minimum Gasteiger partial charge on any atom is -0.411 e. The molecule has 0 aliphatic carbocycles. The summed E-state index contributed by atoms with van der Waals surface area (Å²) in [5.74, 6) is -0.668. The quantitative estimate of drug-likeness (QED) is 0.453. The van der Waals surface area contributed by atoms with Crippen LogP contribution in [0.25, 0.3) is 5.69 Å². The zero-order chi connectivity index (χ0) is 18.1. The Hall–Kier alpha value is -2.06. The molecule has 1 heterocycles. The summed E-state index contributed by atoms with van der Waals surface area (Å²) in [5.41, 5.74) is 0.627. The number of hydrogen-bond donors (Lipinski definition) is 0. The Kier molecular flexibility index (Phi) is 4.91. The summed E-state index contributed by atoms with van der Waals surface area (Å²) in [6.07, 6.45) is 3.16. The van der Waals surface area contributed by atoms with Crippen LogP contribution >= 0.6 is 0 Å². The van der Waals surface area contributed by atoms with Crippen LogP contribution in [-0.2, 0) is 11.0 Å². The van der Waals surface area contributed by atoms with Crippen molar-refractivity contribution >= 4 is 14.0 Å². The molecule has 8 heteroatoms. The number of non-ortho nitro benzene ring substituents is 1. The molecular formula is C16H22FN3O3Si. The molecule has 1 aromatic heterocycles. The number of nitro benzene ring substituents is 1. The second-order valence-electron chi connectivity index (χ2n) is 7.21. The standard InChI is InChI=1S/C16H22FN3O3Si/c1-16(2,3)24(4,5)23-10-12-9-19(11-18-12)15-7-6-13(20(21)22)8-14(15)17/h6-9,11H,10H2,1-5H3. The maximum absolute atomic E-state index is 14.1. The molecule has 130 valence electrons. The molecule has 0 fully saturated rings. The third-order valence-corrected chi connectivity index (χ3v) is 8.92. The van der Waals surface area contributed by atoms with E-state index < -0.39 is 19.1 Å². The fraction of sp³-hybridized carbons (Fsp3) is 0.438. The average Bonchev–Trinajstić information content (AvgIpc) is 2.92. The molecule has 2 aromatic rings. The molecule has 0 bridgehead atoms. The molecule has 6 nitrogen and oxygen atoms in total. The van der Waals surface area contributed by atoms with E-state index in [4.69, 9.17) is 4.43 Å². The summed E-state index contributed by atoms with van der Waals surface area (Å²) in [6, 6.07) is 3.54. The number of halogens is 1. The number of nitrogens with zero attached hydrogens (tertiary/aromatic N) is 3. The summed E-state index contributed by atoms with van der Waals surface area (Å²) in [7, 11) is -1.89. The normalized spacial score (nSPS) is 12.4. The number of imidazole rings is 1. The molecule has 0 N–H and O–H groups in total. The van der Waals surface area contributed by atoms with Crippen molar-refractivity contribution in [3.63, 3.8) is 0 Å². The summed E-state index contributed by atoms with van der Waals surface area (Å²) in [6.45, 7) is 11.1. The van der Waals surface area contributed by atoms with E-state index in [1.165, 1.54) is 23.0 Å². The lowest BCUT2D eigenvalue weighted by Crippen LogP contribution is -2.40. The predicted molar refractivity (Wildman–Crippen MR) is 92.2 cm³/mol. The SMILES string of the molecule is CC(C)(C)[Si](C)(C)OCc1cn(-c2ccc([N+](=O)[O-])cc2F)cn1. The summed E-state index contributed by atoms with van der Waals surface area (Å²) >= 11 is 0. The zero-order valence-corrected chi connectivity index (χ0v) is 15.5. The van der Waals surface area contributed by atoms with Crippen LogP contribution in [0.15, 0.2) is 30.7 Å². The minimum absolute atomic E-state index is 0.0973. The Bertz CT molecular complexity index is 753. The number of hydrogen-bond acceptors (Lipinski definition) is 4. The molecule has 0 saturated carbocycles. The van der Waals surface area contributed by atoms with Crippen molar-refractivity contribution in [1.82, 2.24) is 9.55 Å². The highest BCUT2D eigenvalue weighted by molar-refractivity contribution is 6.74. The van der Waals surface area contributed by atoms with Gasteiger partial charge in [-0.25, -0.2) is 9.37 Å². The van der Waals surface area contributed by atoms with E-state index in [0.717, 1.165) is 6.07 Å². The van der Waals surface area contributed by atoms with Gasteiger partial charge in [-0.1, -0.05) is 20.8 Å². The van der Waals surface area contributed by atoms with Gasteiger partial charge in [0.2, 0.25) is 0 Å². The van der Waals surface area contributed by atoms with Crippen molar-refractivity contribution in [2.24, 2.45) is 0 Å². The van der Waals surface area contributed by atoms with Crippen molar-refractivity contribution in [3.8, 4) is 5.69 Å². The highest BCUT2D eigenvalue weighted by Crippen LogP contribution is 2.37. The van der Waals surface area contributed by atoms with Crippen LogP contribution in [0, 0.1) is 15.9 Å². The van der Waals surface area contributed by atoms with Crippen LogP contribution in [0.5, 0.6) is 0 Å². The van der Waals surface area contributed by atoms with Crippen LogP contribution in [-0.4, -0.2) is 22.8 Å². The van der Waals surface area contributed by atoms with Crippen LogP contribution in [0.2, 0.25) is 18.1 Å². The van der Waals surface area contributed by atoms with E-state index in [1.807, 2.05) is 0 Å². The highest BCUT2D eigenvalue weighted by atomic mass is 28.4. The van der Waals surface area contributed by atoms with E-state index in [-0.39, 0.29) is 16.4 Å². The largest absolute Gasteiger partial charge is 0.411 e. The van der Waals surface area contributed by atoms with Crippen molar-refractivity contribution < 1.29 is 13.7 Å². The maximum Gasteiger partial charge on any atom is 0.272 e. The van der Waals surface area contributed by atoms with Gasteiger partial charge < -0.3 is 8.99 Å². The van der Waals surface area contributed by atoms with Gasteiger partial charge in [0, 0.05) is 12.3 Å². The first kappa shape index (κ1) is 18.3. The third-order valence-electron chi connectivity index (χ3n) is 4.44. The lowest BCUT2D eigenvalue weighted by atomic mass is 10.2. The van der Waals surface area contributed by atoms with Gasteiger partial charge in [-0.2, -0.15) is 0 Å². The van der Waals surface area contributed by atoms with Crippen LogP contribution in [0.4, 0.5) is 10.1 Å². The molecule has 2 rings (SSSR count). The van der Waals surface area contributed by atoms with Crippen molar-refractivity contribution in [2.45, 2.75) is 45.5 Å². The van der Waals surface area contributed by atoms with E-state index in [2.05, 4.69) is 38.8 Å². The highest BCUT2D eigenvalue weighted by Gasteiger charge is 2.37. The van der Waals surface area contributed by atoms with Gasteiger partial charge >= 0.3 is 0 Å². The van der Waals surface area contributed by atoms with Gasteiger partial charge in [0.15, 0.2) is 14.1 Å². The molecule has 0 amide bonds. The summed E-state index contributed by atoms with van der Waals surface area (Å²) in [4.78, 5) is 14.3. The van der Waals surface area contributed by atoms with Crippen molar-refractivity contribution in [2.75, 3.05) is 0 Å². The summed E-state index contributed by atoms with van der Waals surface area (Å²) < 4.78 is 21.7. The molecule has 24 heavy (non-hydrogen) atoms. The zero-order valence-electron chi connectivity index (χ0n) is 14.5. The summed E-state index contributed by atoms with van der Waals surface area (Å²) in [5, 5.41) is 10.8. The molecule has 0 aliphatic rings. The molecule has 0 radical (unpaired) electrons. The second-order valence-corrected chi connectivity index (χ2v) is 12.0. The molecule has 1 aromatic carbocycles. The maximum atomic E-state index is 14.1. The van der Waals surface area contributed by atoms with Crippen LogP contribution in [0.1, 0.15) is 26.5 Å². The minimum atomic E-state index is -1.89. The van der Waals surface area contributed by atoms with E-state index >= 15 is 0 Å². The molecule has 0 atom stereocenters. The average molecular weight is 351 g/mol. The second kappa shape index (κ2) is 6.44. The molecule has 0 spiro atoms. The topological polar surface area (TPSA) is 70.2 Å². The van der Waals surface area contributed by atoms with Crippen molar-refractivity contribution in [3.05, 3.63) is 52.3 Å². The lowest BCUT2D eigenvalue weighted by molar-refractivity contribution is -0.385. The fourth-order valence-electron chi connectivity index (χ4n) is 1.86. The Morgan fingerprint density at radius 3 is 2.58 bits per heavy atom. The van der Waals surface area contributed by atoms with Crippen LogP contribution < -0.4 is 0 Å². The van der Waals surface area contributed by atoms with Gasteiger partial charge in [0.1, 0.15) is 0 Å². The van der Waals surface area contributed by atoms with Gasteiger partial charge in [-0.05, 0) is 24.2 Å². The fourth-order valence-corrected chi connectivity index (χ4v) is 2.80. The van der Waals surface area contributed by atoms with Crippen LogP contribution in [0.3, 0.4) is 0 Å². The Morgan fingerprint density at radius 1 is 1.38 bits per heavy atom. The first-order chi connectivity index (χ1) is 11.0. The molecule has 0 unspecified atom stereocenters. The first-order valence-corrected chi connectivity index (χ1v) is 10.5. The molecule has 0 saturated heterocycles. The Labute approximate surface area is 141 Å². The van der Waals surface area contributed by atoms with E-state index in [0.29, 0.717) is 12.3 Å². The third kappa shape index (κ3) is 3.88. The van der Waals surface area contributed by atoms with E-state index in [1.54, 1.807) is 6.20 Å². The lowest BCUT2D eigenvalue weighted by Gasteiger charge is -2.35. The Morgan fingerprint density at radius 2 is 2.04 bits per heavy atom. The number of rotatable bonds is 5. The van der Waals surface area contributed by atoms with Gasteiger partial charge in [-0.15, -0.1) is 0 Å². The predicted octanol–water partition coefficient (Wildman–Crippen LogP) is 4.44. The van der Waals surface area contributed by atoms with Gasteiger partial charge in [0.25, 0.3) is 5.69 Å². The molecule has 0 aliphatic heterocycles. The van der Waals surface area contributed by atoms with Crippen molar-refractivity contribution in [1.29, 1.82) is 0 Å². The van der Waals surface area contributed by atoms with Gasteiger partial charge in [-0.3, -0.25) is 10.1 Å². The first-order valence-electron chi connectivity index (χ1n) is 7.62. The number of nitro groups is 1.